The minimum absolute atomic E-state index is 0.0116. The molecular weight excluding hydrogens is 304 g/mol. The Labute approximate surface area is 144 Å². The molecule has 0 aromatic heterocycles. The summed E-state index contributed by atoms with van der Waals surface area (Å²) in [5.41, 5.74) is 2.25. The van der Waals surface area contributed by atoms with Crippen LogP contribution in [0.4, 0.5) is 5.69 Å². The number of anilines is 1. The van der Waals surface area contributed by atoms with E-state index in [1.165, 1.54) is 5.56 Å². The summed E-state index contributed by atoms with van der Waals surface area (Å²) in [5.74, 6) is -1.11. The van der Waals surface area contributed by atoms with Crippen molar-refractivity contribution in [2.24, 2.45) is 5.41 Å². The highest BCUT2D eigenvalue weighted by atomic mass is 16.4. The molecule has 0 unspecified atom stereocenters. The number of hydrogen-bond donors (Lipinski definition) is 2. The molecule has 5 heteroatoms. The molecule has 0 atom stereocenters. The highest BCUT2D eigenvalue weighted by molar-refractivity contribution is 5.95. The Kier molecular flexibility index (Phi) is 5.99. The van der Waals surface area contributed by atoms with Gasteiger partial charge in [0, 0.05) is 25.2 Å². The molecule has 1 aliphatic heterocycles. The van der Waals surface area contributed by atoms with Crippen LogP contribution in [0.5, 0.6) is 0 Å². The van der Waals surface area contributed by atoms with E-state index in [-0.39, 0.29) is 12.3 Å². The quantitative estimate of drug-likeness (QED) is 0.762. The lowest BCUT2D eigenvalue weighted by atomic mass is 9.79. The fraction of sp³-hybridized carbons (Fsp3) is 0.579. The maximum atomic E-state index is 12.5. The number of aliphatic carboxylic acids is 1. The number of rotatable bonds is 8. The smallest absolute Gasteiger partial charge is 0.310 e. The molecule has 1 aromatic rings. The second-order valence-corrected chi connectivity index (χ2v) is 6.67. The third-order valence-electron chi connectivity index (χ3n) is 5.17. The maximum Gasteiger partial charge on any atom is 0.310 e. The maximum absolute atomic E-state index is 12.5. The molecule has 1 aliphatic rings. The molecule has 1 heterocycles. The Morgan fingerprint density at radius 2 is 1.92 bits per heavy atom. The van der Waals surface area contributed by atoms with Gasteiger partial charge in [-0.3, -0.25) is 14.5 Å². The second kappa shape index (κ2) is 7.79. The SMILES string of the molecule is CCCN1Cc2cccc(NC(=O)CC(CC)(CC)C(=O)O)c2C1. The van der Waals surface area contributed by atoms with Crippen LogP contribution in [0.25, 0.3) is 0 Å². The lowest BCUT2D eigenvalue weighted by molar-refractivity contribution is -0.151. The topological polar surface area (TPSA) is 69.6 Å². The first kappa shape index (κ1) is 18.5. The number of carbonyl (C=O) groups is 2. The number of carbonyl (C=O) groups excluding carboxylic acids is 1. The van der Waals surface area contributed by atoms with E-state index >= 15 is 0 Å². The molecule has 1 aromatic carbocycles. The molecule has 1 amide bonds. The number of hydrogen-bond acceptors (Lipinski definition) is 3. The van der Waals surface area contributed by atoms with Gasteiger partial charge in [-0.2, -0.15) is 0 Å². The molecule has 132 valence electrons. The van der Waals surface area contributed by atoms with Crippen molar-refractivity contribution in [1.29, 1.82) is 0 Å². The number of carboxylic acid groups (broad SMARTS) is 1. The summed E-state index contributed by atoms with van der Waals surface area (Å²) in [5, 5.41) is 12.5. The summed E-state index contributed by atoms with van der Waals surface area (Å²) >= 11 is 0. The number of nitrogens with one attached hydrogen (secondary N) is 1. The van der Waals surface area contributed by atoms with Gasteiger partial charge in [0.25, 0.3) is 0 Å². The molecule has 24 heavy (non-hydrogen) atoms. The van der Waals surface area contributed by atoms with Crippen LogP contribution in [0, 0.1) is 5.41 Å². The summed E-state index contributed by atoms with van der Waals surface area (Å²) in [4.78, 5) is 26.4. The van der Waals surface area contributed by atoms with Gasteiger partial charge < -0.3 is 10.4 Å². The van der Waals surface area contributed by atoms with Crippen molar-refractivity contribution in [2.75, 3.05) is 11.9 Å². The van der Waals surface area contributed by atoms with Crippen LogP contribution in [0.3, 0.4) is 0 Å². The van der Waals surface area contributed by atoms with Crippen molar-refractivity contribution in [3.05, 3.63) is 29.3 Å². The molecule has 0 bridgehead atoms. The van der Waals surface area contributed by atoms with E-state index in [2.05, 4.69) is 23.2 Å². The van der Waals surface area contributed by atoms with Crippen molar-refractivity contribution in [3.8, 4) is 0 Å². The van der Waals surface area contributed by atoms with Gasteiger partial charge in [0.2, 0.25) is 5.91 Å². The third kappa shape index (κ3) is 3.78. The molecule has 0 saturated heterocycles. The number of fused-ring (bicyclic) bond motifs is 1. The monoisotopic (exact) mass is 332 g/mol. The van der Waals surface area contributed by atoms with Crippen LogP contribution in [0.1, 0.15) is 57.6 Å². The van der Waals surface area contributed by atoms with Gasteiger partial charge in [-0.15, -0.1) is 0 Å². The van der Waals surface area contributed by atoms with Crippen LogP contribution in [-0.2, 0) is 22.7 Å². The predicted octanol–water partition coefficient (Wildman–Crippen LogP) is 3.63. The van der Waals surface area contributed by atoms with Gasteiger partial charge >= 0.3 is 5.97 Å². The summed E-state index contributed by atoms with van der Waals surface area (Å²) in [7, 11) is 0. The Balaban J connectivity index is 2.11. The summed E-state index contributed by atoms with van der Waals surface area (Å²) in [6, 6.07) is 5.96. The average molecular weight is 332 g/mol. The van der Waals surface area contributed by atoms with Crippen LogP contribution in [0.15, 0.2) is 18.2 Å². The van der Waals surface area contributed by atoms with E-state index in [4.69, 9.17) is 0 Å². The third-order valence-corrected chi connectivity index (χ3v) is 5.17. The van der Waals surface area contributed by atoms with E-state index in [9.17, 15) is 14.7 Å². The average Bonchev–Trinajstić information content (AvgIpc) is 2.96. The van der Waals surface area contributed by atoms with Crippen molar-refractivity contribution in [2.45, 2.75) is 59.5 Å². The number of nitrogens with zero attached hydrogens (tertiary/aromatic N) is 1. The second-order valence-electron chi connectivity index (χ2n) is 6.67. The standard InChI is InChI=1S/C19H28N2O3/c1-4-10-21-12-14-8-7-9-16(15(14)13-21)20-17(22)11-19(5-2,6-3)18(23)24/h7-9H,4-6,10-13H2,1-3H3,(H,20,22)(H,23,24). The van der Waals surface area contributed by atoms with Crippen LogP contribution in [-0.4, -0.2) is 28.4 Å². The first-order valence-electron chi connectivity index (χ1n) is 8.82. The Bertz CT molecular complexity index is 609. The lowest BCUT2D eigenvalue weighted by Gasteiger charge is -2.26. The van der Waals surface area contributed by atoms with Gasteiger partial charge in [0.15, 0.2) is 0 Å². The molecule has 0 aliphatic carbocycles. The summed E-state index contributed by atoms with van der Waals surface area (Å²) in [6.45, 7) is 8.60. The van der Waals surface area contributed by atoms with Crippen LogP contribution >= 0.6 is 0 Å². The Morgan fingerprint density at radius 1 is 1.21 bits per heavy atom. The van der Waals surface area contributed by atoms with Crippen LogP contribution in [0.2, 0.25) is 0 Å². The zero-order chi connectivity index (χ0) is 17.7. The highest BCUT2D eigenvalue weighted by Gasteiger charge is 2.37. The molecular formula is C19H28N2O3. The molecule has 2 rings (SSSR count). The Morgan fingerprint density at radius 3 is 2.50 bits per heavy atom. The zero-order valence-electron chi connectivity index (χ0n) is 14.9. The lowest BCUT2D eigenvalue weighted by Crippen LogP contribution is -2.34. The molecule has 0 spiro atoms. The Hall–Kier alpha value is -1.88. The molecule has 0 saturated carbocycles. The van der Waals surface area contributed by atoms with E-state index in [0.717, 1.165) is 37.3 Å². The van der Waals surface area contributed by atoms with E-state index in [1.807, 2.05) is 26.0 Å². The molecule has 0 radical (unpaired) electrons. The van der Waals surface area contributed by atoms with Gasteiger partial charge in [0.1, 0.15) is 0 Å². The largest absolute Gasteiger partial charge is 0.481 e. The minimum Gasteiger partial charge on any atom is -0.481 e. The van der Waals surface area contributed by atoms with Crippen molar-refractivity contribution in [1.82, 2.24) is 4.90 Å². The van der Waals surface area contributed by atoms with Crippen molar-refractivity contribution < 1.29 is 14.7 Å². The highest BCUT2D eigenvalue weighted by Crippen LogP contribution is 2.33. The minimum atomic E-state index is -0.976. The molecule has 0 fully saturated rings. The van der Waals surface area contributed by atoms with Gasteiger partial charge in [-0.05, 0) is 43.0 Å². The fourth-order valence-corrected chi connectivity index (χ4v) is 3.46. The number of amides is 1. The predicted molar refractivity (Wildman–Crippen MR) is 94.7 cm³/mol. The summed E-state index contributed by atoms with van der Waals surface area (Å²) < 4.78 is 0. The number of benzene rings is 1. The van der Waals surface area contributed by atoms with E-state index < -0.39 is 11.4 Å². The van der Waals surface area contributed by atoms with E-state index in [1.54, 1.807) is 0 Å². The van der Waals surface area contributed by atoms with E-state index in [0.29, 0.717) is 12.8 Å². The normalized spacial score (nSPS) is 14.5. The van der Waals surface area contributed by atoms with Crippen LogP contribution < -0.4 is 5.32 Å². The van der Waals surface area contributed by atoms with Gasteiger partial charge in [-0.1, -0.05) is 32.9 Å². The summed E-state index contributed by atoms with van der Waals surface area (Å²) in [6.07, 6.45) is 2.01. The first-order chi connectivity index (χ1) is 11.5. The zero-order valence-corrected chi connectivity index (χ0v) is 14.9. The van der Waals surface area contributed by atoms with Gasteiger partial charge in [-0.25, -0.2) is 0 Å². The van der Waals surface area contributed by atoms with Crippen molar-refractivity contribution >= 4 is 17.6 Å². The van der Waals surface area contributed by atoms with Gasteiger partial charge in [0.05, 0.1) is 5.41 Å². The fourth-order valence-electron chi connectivity index (χ4n) is 3.46. The first-order valence-corrected chi connectivity index (χ1v) is 8.82. The number of carboxylic acids is 1. The molecule has 2 N–H and O–H groups in total. The molecule has 5 nitrogen and oxygen atoms in total. The van der Waals surface area contributed by atoms with Crippen molar-refractivity contribution in [3.63, 3.8) is 0 Å².